The second kappa shape index (κ2) is 9.43. The Labute approximate surface area is 180 Å². The molecule has 5 nitrogen and oxygen atoms in total. The fourth-order valence-electron chi connectivity index (χ4n) is 3.55. The van der Waals surface area contributed by atoms with E-state index in [4.69, 9.17) is 4.74 Å². The summed E-state index contributed by atoms with van der Waals surface area (Å²) in [5.74, 6) is 0.148. The van der Waals surface area contributed by atoms with Crippen molar-refractivity contribution in [2.45, 2.75) is 19.4 Å². The lowest BCUT2D eigenvalue weighted by atomic mass is 10.1. The maximum absolute atomic E-state index is 13.1. The van der Waals surface area contributed by atoms with E-state index in [1.807, 2.05) is 36.4 Å². The van der Waals surface area contributed by atoms with Gasteiger partial charge in [-0.3, -0.25) is 9.59 Å². The van der Waals surface area contributed by atoms with E-state index in [1.165, 1.54) is 12.1 Å². The Bertz CT molecular complexity index is 1070. The van der Waals surface area contributed by atoms with Crippen LogP contribution in [0.5, 0.6) is 5.75 Å². The zero-order valence-corrected chi connectivity index (χ0v) is 17.0. The summed E-state index contributed by atoms with van der Waals surface area (Å²) in [6.45, 7) is 0.853. The number of nitrogens with zero attached hydrogens (tertiary/aromatic N) is 1. The molecule has 0 fully saturated rings. The number of hydrogen-bond donors (Lipinski definition) is 1. The topological polar surface area (TPSA) is 58.6 Å². The molecule has 0 unspecified atom stereocenters. The summed E-state index contributed by atoms with van der Waals surface area (Å²) in [6.07, 6.45) is 0.908. The van der Waals surface area contributed by atoms with Crippen molar-refractivity contribution in [3.63, 3.8) is 0 Å². The van der Waals surface area contributed by atoms with Gasteiger partial charge < -0.3 is 15.0 Å². The summed E-state index contributed by atoms with van der Waals surface area (Å²) >= 11 is 0. The molecule has 0 bridgehead atoms. The van der Waals surface area contributed by atoms with Gasteiger partial charge in [-0.15, -0.1) is 0 Å². The standard InChI is InChI=1S/C25H23FN2O3/c26-21-8-6-18(7-9-21)12-13-28-16-20-15-22(10-11-23(20)31-17-25(28)30)27-24(29)14-19-4-2-1-3-5-19/h1-11,15H,12-14,16-17H2,(H,27,29). The van der Waals surface area contributed by atoms with Gasteiger partial charge in [-0.1, -0.05) is 42.5 Å². The summed E-state index contributed by atoms with van der Waals surface area (Å²) in [6, 6.07) is 21.2. The largest absolute Gasteiger partial charge is 0.483 e. The zero-order chi connectivity index (χ0) is 21.6. The highest BCUT2D eigenvalue weighted by Crippen LogP contribution is 2.27. The minimum Gasteiger partial charge on any atom is -0.483 e. The Balaban J connectivity index is 1.42. The number of carbonyl (C=O) groups excluding carboxylic acids is 2. The highest BCUT2D eigenvalue weighted by Gasteiger charge is 2.22. The molecule has 1 aliphatic rings. The molecule has 158 valence electrons. The van der Waals surface area contributed by atoms with Gasteiger partial charge in [-0.05, 0) is 47.9 Å². The number of anilines is 1. The van der Waals surface area contributed by atoms with Crippen LogP contribution in [0.2, 0.25) is 0 Å². The van der Waals surface area contributed by atoms with Crippen LogP contribution in [0.15, 0.2) is 72.8 Å². The van der Waals surface area contributed by atoms with Gasteiger partial charge in [-0.2, -0.15) is 0 Å². The molecule has 0 spiro atoms. The van der Waals surface area contributed by atoms with Gasteiger partial charge in [0, 0.05) is 24.3 Å². The van der Waals surface area contributed by atoms with Crippen molar-refractivity contribution >= 4 is 17.5 Å². The van der Waals surface area contributed by atoms with E-state index in [9.17, 15) is 14.0 Å². The van der Waals surface area contributed by atoms with Crippen LogP contribution >= 0.6 is 0 Å². The molecule has 1 N–H and O–H groups in total. The van der Waals surface area contributed by atoms with Crippen molar-refractivity contribution in [3.8, 4) is 5.75 Å². The summed E-state index contributed by atoms with van der Waals surface area (Å²) in [4.78, 5) is 26.6. The maximum Gasteiger partial charge on any atom is 0.260 e. The highest BCUT2D eigenvalue weighted by molar-refractivity contribution is 5.92. The molecule has 2 amide bonds. The third-order valence-electron chi connectivity index (χ3n) is 5.20. The predicted octanol–water partition coefficient (Wildman–Crippen LogP) is 3.97. The summed E-state index contributed by atoms with van der Waals surface area (Å²) in [5.41, 5.74) is 3.40. The number of amides is 2. The monoisotopic (exact) mass is 418 g/mol. The van der Waals surface area contributed by atoms with Crippen molar-refractivity contribution in [2.24, 2.45) is 0 Å². The van der Waals surface area contributed by atoms with E-state index in [0.29, 0.717) is 30.9 Å². The fourth-order valence-corrected chi connectivity index (χ4v) is 3.55. The Morgan fingerprint density at radius 3 is 2.55 bits per heavy atom. The summed E-state index contributed by atoms with van der Waals surface area (Å²) in [5, 5.41) is 2.92. The number of rotatable bonds is 6. The number of halogens is 1. The second-order valence-electron chi connectivity index (χ2n) is 7.51. The van der Waals surface area contributed by atoms with Crippen molar-refractivity contribution < 1.29 is 18.7 Å². The first-order valence-corrected chi connectivity index (χ1v) is 10.2. The average Bonchev–Trinajstić information content (AvgIpc) is 2.92. The Morgan fingerprint density at radius 2 is 1.77 bits per heavy atom. The summed E-state index contributed by atoms with van der Waals surface area (Å²) < 4.78 is 18.8. The first kappa shape index (κ1) is 20.6. The van der Waals surface area contributed by atoms with Crippen molar-refractivity contribution in [1.29, 1.82) is 0 Å². The molecular formula is C25H23FN2O3. The van der Waals surface area contributed by atoms with Crippen molar-refractivity contribution in [3.05, 3.63) is 95.3 Å². The molecule has 4 rings (SSSR count). The lowest BCUT2D eigenvalue weighted by Gasteiger charge is -2.20. The van der Waals surface area contributed by atoms with Gasteiger partial charge in [0.25, 0.3) is 5.91 Å². The fraction of sp³-hybridized carbons (Fsp3) is 0.200. The normalized spacial score (nSPS) is 13.2. The van der Waals surface area contributed by atoms with Gasteiger partial charge in [0.1, 0.15) is 11.6 Å². The minimum atomic E-state index is -0.279. The first-order chi connectivity index (χ1) is 15.1. The van der Waals surface area contributed by atoms with Crippen molar-refractivity contribution in [1.82, 2.24) is 4.90 Å². The van der Waals surface area contributed by atoms with E-state index < -0.39 is 0 Å². The number of carbonyl (C=O) groups is 2. The molecule has 31 heavy (non-hydrogen) atoms. The van der Waals surface area contributed by atoms with Crippen LogP contribution in [0.1, 0.15) is 16.7 Å². The number of fused-ring (bicyclic) bond motifs is 1. The predicted molar refractivity (Wildman–Crippen MR) is 116 cm³/mol. The number of benzene rings is 3. The zero-order valence-electron chi connectivity index (χ0n) is 17.0. The van der Waals surface area contributed by atoms with Crippen LogP contribution in [-0.2, 0) is 29.0 Å². The molecule has 0 saturated heterocycles. The highest BCUT2D eigenvalue weighted by atomic mass is 19.1. The lowest BCUT2D eigenvalue weighted by Crippen LogP contribution is -2.34. The molecule has 0 aromatic heterocycles. The number of ether oxygens (including phenoxy) is 1. The number of nitrogens with one attached hydrogen (secondary N) is 1. The second-order valence-corrected chi connectivity index (χ2v) is 7.51. The van der Waals surface area contributed by atoms with E-state index in [2.05, 4.69) is 5.32 Å². The molecular weight excluding hydrogens is 395 g/mol. The summed E-state index contributed by atoms with van der Waals surface area (Å²) in [7, 11) is 0. The third-order valence-corrected chi connectivity index (χ3v) is 5.20. The van der Waals surface area contributed by atoms with Gasteiger partial charge in [0.2, 0.25) is 5.91 Å². The molecule has 0 radical (unpaired) electrons. The maximum atomic E-state index is 13.1. The molecule has 0 saturated carbocycles. The Hall–Kier alpha value is -3.67. The minimum absolute atomic E-state index is 0.0316. The van der Waals surface area contributed by atoms with Gasteiger partial charge in [-0.25, -0.2) is 4.39 Å². The average molecular weight is 418 g/mol. The third kappa shape index (κ3) is 5.48. The lowest BCUT2D eigenvalue weighted by molar-refractivity contribution is -0.133. The molecule has 6 heteroatoms. The molecule has 1 aliphatic heterocycles. The van der Waals surface area contributed by atoms with Crippen LogP contribution in [0.4, 0.5) is 10.1 Å². The van der Waals surface area contributed by atoms with Crippen LogP contribution in [-0.4, -0.2) is 29.9 Å². The molecule has 1 heterocycles. The van der Waals surface area contributed by atoms with Crippen molar-refractivity contribution in [2.75, 3.05) is 18.5 Å². The van der Waals surface area contributed by atoms with Crippen LogP contribution in [0.25, 0.3) is 0 Å². The first-order valence-electron chi connectivity index (χ1n) is 10.2. The van der Waals surface area contributed by atoms with E-state index in [0.717, 1.165) is 16.7 Å². The van der Waals surface area contributed by atoms with E-state index >= 15 is 0 Å². The van der Waals surface area contributed by atoms with E-state index in [1.54, 1.807) is 29.2 Å². The molecule has 0 atom stereocenters. The van der Waals surface area contributed by atoms with E-state index in [-0.39, 0.29) is 30.7 Å². The van der Waals surface area contributed by atoms with Gasteiger partial charge >= 0.3 is 0 Å². The molecule has 0 aliphatic carbocycles. The molecule has 3 aromatic rings. The van der Waals surface area contributed by atoms with Crippen LogP contribution in [0, 0.1) is 5.82 Å². The number of hydrogen-bond acceptors (Lipinski definition) is 3. The molecule has 3 aromatic carbocycles. The quantitative estimate of drug-likeness (QED) is 0.659. The Morgan fingerprint density at radius 1 is 1.00 bits per heavy atom. The SMILES string of the molecule is O=C(Cc1ccccc1)Nc1ccc2c(c1)CN(CCc1ccc(F)cc1)C(=O)CO2. The van der Waals surface area contributed by atoms with Gasteiger partial charge in [0.15, 0.2) is 6.61 Å². The smallest absolute Gasteiger partial charge is 0.260 e. The van der Waals surface area contributed by atoms with Gasteiger partial charge in [0.05, 0.1) is 6.42 Å². The van der Waals surface area contributed by atoms with Crippen LogP contribution in [0.3, 0.4) is 0 Å². The van der Waals surface area contributed by atoms with Crippen LogP contribution < -0.4 is 10.1 Å². The Kier molecular flexibility index (Phi) is 6.26.